The van der Waals surface area contributed by atoms with E-state index in [0.717, 1.165) is 17.5 Å². The van der Waals surface area contributed by atoms with Gasteiger partial charge in [0.2, 0.25) is 5.91 Å². The minimum absolute atomic E-state index is 0.0418. The number of aryl methyl sites for hydroxylation is 2. The number of benzene rings is 1. The van der Waals surface area contributed by atoms with Gasteiger partial charge in [-0.25, -0.2) is 0 Å². The molecule has 0 saturated heterocycles. The maximum atomic E-state index is 12.2. The first-order valence-electron chi connectivity index (χ1n) is 8.41. The molecule has 0 spiro atoms. The predicted molar refractivity (Wildman–Crippen MR) is 109 cm³/mol. The van der Waals surface area contributed by atoms with Gasteiger partial charge in [-0.3, -0.25) is 20.4 Å². The van der Waals surface area contributed by atoms with Crippen molar-refractivity contribution in [3.8, 4) is 0 Å². The van der Waals surface area contributed by atoms with E-state index in [-0.39, 0.29) is 24.5 Å². The van der Waals surface area contributed by atoms with Crippen LogP contribution in [-0.4, -0.2) is 23.3 Å². The molecule has 0 aliphatic heterocycles. The number of amides is 1. The van der Waals surface area contributed by atoms with Crippen molar-refractivity contribution in [1.29, 1.82) is 0 Å². The third-order valence-electron chi connectivity index (χ3n) is 3.96. The van der Waals surface area contributed by atoms with Crippen LogP contribution in [-0.2, 0) is 11.2 Å². The highest BCUT2D eigenvalue weighted by Gasteiger charge is 2.10. The number of Topliss-reactive ketones (excluding diaryl/α,β-unsaturated/α-hetero) is 1. The van der Waals surface area contributed by atoms with Crippen molar-refractivity contribution in [2.24, 2.45) is 0 Å². The fourth-order valence-electron chi connectivity index (χ4n) is 2.27. The molecular weight excluding hydrogens is 366 g/mol. The molecule has 0 bridgehead atoms. The fraction of sp³-hybridized carbons (Fsp3) is 0.316. The number of thiophene rings is 1. The molecule has 0 saturated carbocycles. The molecule has 0 atom stereocenters. The molecule has 1 amide bonds. The average Bonchev–Trinajstić information content (AvgIpc) is 3.13. The Balaban J connectivity index is 1.64. The van der Waals surface area contributed by atoms with E-state index in [4.69, 9.17) is 12.2 Å². The Bertz CT molecular complexity index is 773. The first-order chi connectivity index (χ1) is 12.5. The van der Waals surface area contributed by atoms with Gasteiger partial charge in [0.05, 0.1) is 0 Å². The molecule has 3 N–H and O–H groups in total. The van der Waals surface area contributed by atoms with E-state index in [2.05, 4.69) is 22.2 Å². The van der Waals surface area contributed by atoms with Crippen LogP contribution in [0.4, 0.5) is 0 Å². The Kier molecular flexibility index (Phi) is 7.74. The summed E-state index contributed by atoms with van der Waals surface area (Å²) in [6.07, 6.45) is 1.14. The molecule has 1 aromatic carbocycles. The third-order valence-corrected chi connectivity index (χ3v) is 5.14. The zero-order chi connectivity index (χ0) is 18.9. The van der Waals surface area contributed by atoms with E-state index < -0.39 is 0 Å². The molecule has 26 heavy (non-hydrogen) atoms. The molecular formula is C19H23N3O2S2. The fourth-order valence-corrected chi connectivity index (χ4v) is 3.14. The van der Waals surface area contributed by atoms with Gasteiger partial charge < -0.3 is 5.32 Å². The highest BCUT2D eigenvalue weighted by atomic mass is 32.1. The average molecular weight is 390 g/mol. The molecule has 0 aliphatic carbocycles. The number of nitrogens with one attached hydrogen (secondary N) is 3. The van der Waals surface area contributed by atoms with Crippen molar-refractivity contribution in [2.45, 2.75) is 33.1 Å². The van der Waals surface area contributed by atoms with Gasteiger partial charge in [0.1, 0.15) is 0 Å². The molecule has 5 nitrogen and oxygen atoms in total. The Morgan fingerprint density at radius 3 is 2.58 bits per heavy atom. The minimum atomic E-state index is -0.274. The summed E-state index contributed by atoms with van der Waals surface area (Å²) < 4.78 is 0. The van der Waals surface area contributed by atoms with E-state index in [1.165, 1.54) is 4.88 Å². The quantitative estimate of drug-likeness (QED) is 0.386. The Hall–Kier alpha value is -2.25. The molecule has 0 radical (unpaired) electrons. The topological polar surface area (TPSA) is 70.2 Å². The van der Waals surface area contributed by atoms with E-state index in [1.807, 2.05) is 37.4 Å². The van der Waals surface area contributed by atoms with Gasteiger partial charge in [-0.1, -0.05) is 18.2 Å². The van der Waals surface area contributed by atoms with Crippen LogP contribution < -0.4 is 16.2 Å². The first kappa shape index (κ1) is 20.1. The highest BCUT2D eigenvalue weighted by Crippen LogP contribution is 2.12. The third kappa shape index (κ3) is 6.57. The minimum Gasteiger partial charge on any atom is -0.361 e. The van der Waals surface area contributed by atoms with Crippen molar-refractivity contribution in [1.82, 2.24) is 16.2 Å². The van der Waals surface area contributed by atoms with Crippen LogP contribution in [0.5, 0.6) is 0 Å². The number of thiocarbonyl (C=S) groups is 1. The van der Waals surface area contributed by atoms with Crippen LogP contribution in [0.1, 0.15) is 39.2 Å². The van der Waals surface area contributed by atoms with Gasteiger partial charge in [-0.15, -0.1) is 11.3 Å². The van der Waals surface area contributed by atoms with Crippen LogP contribution in [0.2, 0.25) is 0 Å². The Labute approximate surface area is 163 Å². The summed E-state index contributed by atoms with van der Waals surface area (Å²) in [5, 5.41) is 5.41. The number of ketones is 1. The van der Waals surface area contributed by atoms with Crippen molar-refractivity contribution in [2.75, 3.05) is 6.54 Å². The lowest BCUT2D eigenvalue weighted by molar-refractivity contribution is -0.121. The lowest BCUT2D eigenvalue weighted by atomic mass is 10.0. The number of hydrogen-bond donors (Lipinski definition) is 3. The van der Waals surface area contributed by atoms with Crippen LogP contribution in [0.15, 0.2) is 35.7 Å². The number of rotatable bonds is 7. The van der Waals surface area contributed by atoms with Crippen LogP contribution in [0.25, 0.3) is 0 Å². The van der Waals surface area contributed by atoms with Gasteiger partial charge in [0.25, 0.3) is 0 Å². The van der Waals surface area contributed by atoms with Gasteiger partial charge in [0.15, 0.2) is 10.9 Å². The lowest BCUT2D eigenvalue weighted by Gasteiger charge is -2.11. The summed E-state index contributed by atoms with van der Waals surface area (Å²) in [6, 6.07) is 9.66. The smallest absolute Gasteiger partial charge is 0.238 e. The van der Waals surface area contributed by atoms with Crippen LogP contribution >= 0.6 is 23.6 Å². The molecule has 1 aromatic heterocycles. The number of hydrazine groups is 1. The second-order valence-electron chi connectivity index (χ2n) is 5.98. The predicted octanol–water partition coefficient (Wildman–Crippen LogP) is 3.07. The summed E-state index contributed by atoms with van der Waals surface area (Å²) in [4.78, 5) is 25.3. The maximum absolute atomic E-state index is 12.2. The molecule has 7 heteroatoms. The Morgan fingerprint density at radius 1 is 1.08 bits per heavy atom. The lowest BCUT2D eigenvalue weighted by Crippen LogP contribution is -2.47. The number of carbonyl (C=O) groups is 2. The second-order valence-corrected chi connectivity index (χ2v) is 7.42. The molecule has 138 valence electrons. The number of hydrogen-bond acceptors (Lipinski definition) is 4. The summed E-state index contributed by atoms with van der Waals surface area (Å²) >= 11 is 6.80. The van der Waals surface area contributed by atoms with Crippen LogP contribution in [0.3, 0.4) is 0 Å². The Morgan fingerprint density at radius 2 is 1.88 bits per heavy atom. The van der Waals surface area contributed by atoms with Gasteiger partial charge in [0, 0.05) is 29.8 Å². The standard InChI is InChI=1S/C19H23N3O2S2/c1-13-5-6-15(12-14(13)2)17(23)7-8-18(24)21-22-19(25)20-10-9-16-4-3-11-26-16/h3-6,11-12H,7-10H2,1-2H3,(H,21,24)(H2,20,22,25). The van der Waals surface area contributed by atoms with Crippen LogP contribution in [0, 0.1) is 13.8 Å². The molecule has 0 fully saturated rings. The van der Waals surface area contributed by atoms with Gasteiger partial charge in [-0.2, -0.15) is 0 Å². The zero-order valence-corrected chi connectivity index (χ0v) is 16.6. The normalized spacial score (nSPS) is 10.2. The largest absolute Gasteiger partial charge is 0.361 e. The summed E-state index contributed by atoms with van der Waals surface area (Å²) in [7, 11) is 0. The van der Waals surface area contributed by atoms with Crippen molar-refractivity contribution < 1.29 is 9.59 Å². The molecule has 2 rings (SSSR count). The number of carbonyl (C=O) groups excluding carboxylic acids is 2. The molecule has 0 unspecified atom stereocenters. The summed E-state index contributed by atoms with van der Waals surface area (Å²) in [5.41, 5.74) is 8.02. The monoisotopic (exact) mass is 389 g/mol. The first-order valence-corrected chi connectivity index (χ1v) is 9.70. The zero-order valence-electron chi connectivity index (χ0n) is 14.9. The van der Waals surface area contributed by atoms with Crippen molar-refractivity contribution >= 4 is 40.4 Å². The van der Waals surface area contributed by atoms with Crippen molar-refractivity contribution in [3.05, 3.63) is 57.3 Å². The molecule has 0 aliphatic rings. The van der Waals surface area contributed by atoms with E-state index in [1.54, 1.807) is 17.4 Å². The van der Waals surface area contributed by atoms with E-state index >= 15 is 0 Å². The van der Waals surface area contributed by atoms with Gasteiger partial charge in [-0.05, 0) is 61.1 Å². The van der Waals surface area contributed by atoms with E-state index in [9.17, 15) is 9.59 Å². The second kappa shape index (κ2) is 10.0. The highest BCUT2D eigenvalue weighted by molar-refractivity contribution is 7.80. The summed E-state index contributed by atoms with van der Waals surface area (Å²) in [5.74, 6) is -0.315. The molecule has 1 heterocycles. The summed E-state index contributed by atoms with van der Waals surface area (Å²) in [6.45, 7) is 4.66. The maximum Gasteiger partial charge on any atom is 0.238 e. The van der Waals surface area contributed by atoms with Gasteiger partial charge >= 0.3 is 0 Å². The molecule has 2 aromatic rings. The SMILES string of the molecule is Cc1ccc(C(=O)CCC(=O)NNC(=S)NCCc2cccs2)cc1C. The van der Waals surface area contributed by atoms with Crippen molar-refractivity contribution in [3.63, 3.8) is 0 Å². The van der Waals surface area contributed by atoms with E-state index in [0.29, 0.717) is 17.2 Å².